The number of nitrogens with zero attached hydrogens (tertiary/aromatic N) is 1. The van der Waals surface area contributed by atoms with Gasteiger partial charge >= 0.3 is 18.0 Å². The van der Waals surface area contributed by atoms with E-state index in [4.69, 9.17) is 25.8 Å². The number of halogens is 1. The highest BCUT2D eigenvalue weighted by Crippen LogP contribution is 2.47. The van der Waals surface area contributed by atoms with Crippen molar-refractivity contribution in [1.29, 1.82) is 0 Å². The summed E-state index contributed by atoms with van der Waals surface area (Å²) in [6.45, 7) is 5.29. The van der Waals surface area contributed by atoms with Crippen LogP contribution in [0.15, 0.2) is 0 Å². The van der Waals surface area contributed by atoms with Gasteiger partial charge in [0.15, 0.2) is 6.07 Å². The third kappa shape index (κ3) is 3.39. The van der Waals surface area contributed by atoms with Crippen LogP contribution in [-0.4, -0.2) is 53.8 Å². The fourth-order valence-electron chi connectivity index (χ4n) is 3.53. The first-order valence-corrected chi connectivity index (χ1v) is 8.06. The lowest BCUT2D eigenvalue weighted by Gasteiger charge is -2.27. The van der Waals surface area contributed by atoms with Crippen molar-refractivity contribution in [3.63, 3.8) is 0 Å². The summed E-state index contributed by atoms with van der Waals surface area (Å²) < 4.78 is 15.1. The van der Waals surface area contributed by atoms with Gasteiger partial charge in [0, 0.05) is 12.1 Å². The van der Waals surface area contributed by atoms with Gasteiger partial charge in [0.05, 0.1) is 18.9 Å². The second-order valence-electron chi connectivity index (χ2n) is 6.75. The maximum absolute atomic E-state index is 12.5. The van der Waals surface area contributed by atoms with Gasteiger partial charge in [-0.3, -0.25) is 9.59 Å². The van der Waals surface area contributed by atoms with Crippen LogP contribution in [-0.2, 0) is 23.8 Å². The van der Waals surface area contributed by atoms with Crippen LogP contribution in [0.3, 0.4) is 0 Å². The lowest BCUT2D eigenvalue weighted by molar-refractivity contribution is -0.158. The normalized spacial score (nSPS) is 29.3. The molecule has 2 bridgehead atoms. The molecule has 4 atom stereocenters. The highest BCUT2D eigenvalue weighted by atomic mass is 35.5. The standard InChI is InChI=1S/C15H22ClNO6/c1-15(2,3)23-14(20)17-8-5-6-9(17)11(13(19)22-7-16)10(8)12(18)21-4/h8-11H,5-7H2,1-4H3/t8-,9-,10+,11-/m0/s1. The maximum atomic E-state index is 12.5. The Kier molecular flexibility index (Phi) is 5.08. The molecule has 7 nitrogen and oxygen atoms in total. The van der Waals surface area contributed by atoms with Gasteiger partial charge in [-0.05, 0) is 33.6 Å². The zero-order chi connectivity index (χ0) is 17.4. The van der Waals surface area contributed by atoms with Crippen LogP contribution in [0.2, 0.25) is 0 Å². The number of amides is 1. The van der Waals surface area contributed by atoms with Crippen LogP contribution in [0.5, 0.6) is 0 Å². The lowest BCUT2D eigenvalue weighted by Crippen LogP contribution is -2.41. The summed E-state index contributed by atoms with van der Waals surface area (Å²) in [5.41, 5.74) is -0.661. The molecule has 1 amide bonds. The van der Waals surface area contributed by atoms with Crippen LogP contribution in [0.25, 0.3) is 0 Å². The van der Waals surface area contributed by atoms with Gasteiger partial charge in [-0.1, -0.05) is 11.6 Å². The molecule has 2 rings (SSSR count). The number of methoxy groups -OCH3 is 1. The largest absolute Gasteiger partial charge is 0.469 e. The number of esters is 2. The summed E-state index contributed by atoms with van der Waals surface area (Å²) in [5.74, 6) is -2.63. The number of fused-ring (bicyclic) bond motifs is 2. The molecule has 2 heterocycles. The smallest absolute Gasteiger partial charge is 0.410 e. The average molecular weight is 348 g/mol. The molecule has 2 aliphatic rings. The quantitative estimate of drug-likeness (QED) is 0.440. The van der Waals surface area contributed by atoms with Crippen molar-refractivity contribution >= 4 is 29.6 Å². The van der Waals surface area contributed by atoms with E-state index in [1.54, 1.807) is 20.8 Å². The lowest BCUT2D eigenvalue weighted by atomic mass is 9.79. The van der Waals surface area contributed by atoms with Crippen molar-refractivity contribution in [3.8, 4) is 0 Å². The monoisotopic (exact) mass is 347 g/mol. The molecular weight excluding hydrogens is 326 g/mol. The van der Waals surface area contributed by atoms with Crippen molar-refractivity contribution in [3.05, 3.63) is 0 Å². The van der Waals surface area contributed by atoms with Crippen molar-refractivity contribution in [2.75, 3.05) is 13.2 Å². The molecule has 0 aromatic rings. The third-order valence-electron chi connectivity index (χ3n) is 4.24. The molecule has 8 heteroatoms. The molecule has 0 radical (unpaired) electrons. The fourth-order valence-corrected chi connectivity index (χ4v) is 3.64. The van der Waals surface area contributed by atoms with Gasteiger partial charge in [-0.15, -0.1) is 0 Å². The highest BCUT2D eigenvalue weighted by molar-refractivity contribution is 6.17. The second-order valence-corrected chi connectivity index (χ2v) is 6.97. The Labute approximate surface area is 140 Å². The van der Waals surface area contributed by atoms with E-state index in [1.165, 1.54) is 12.0 Å². The van der Waals surface area contributed by atoms with Crippen LogP contribution in [0.1, 0.15) is 33.6 Å². The molecular formula is C15H22ClNO6. The predicted octanol–water partition coefficient (Wildman–Crippen LogP) is 1.91. The number of rotatable bonds is 3. The molecule has 0 aromatic carbocycles. The minimum Gasteiger partial charge on any atom is -0.469 e. The number of alkyl halides is 1. The van der Waals surface area contributed by atoms with Gasteiger partial charge in [0.2, 0.25) is 0 Å². The number of carbonyl (C=O) groups excluding carboxylic acids is 3. The Hall–Kier alpha value is -1.50. The Morgan fingerprint density at radius 3 is 2.04 bits per heavy atom. The molecule has 2 aliphatic heterocycles. The summed E-state index contributed by atoms with van der Waals surface area (Å²) in [6.07, 6.45) is 0.702. The van der Waals surface area contributed by atoms with E-state index < -0.39 is 47.6 Å². The number of ether oxygens (including phenoxy) is 3. The zero-order valence-electron chi connectivity index (χ0n) is 13.7. The van der Waals surface area contributed by atoms with E-state index in [0.29, 0.717) is 12.8 Å². The van der Waals surface area contributed by atoms with E-state index in [0.717, 1.165) is 0 Å². The summed E-state index contributed by atoms with van der Waals surface area (Å²) in [7, 11) is 1.26. The van der Waals surface area contributed by atoms with Gasteiger partial charge < -0.3 is 19.1 Å². The maximum Gasteiger partial charge on any atom is 0.410 e. The van der Waals surface area contributed by atoms with Gasteiger partial charge in [-0.25, -0.2) is 4.79 Å². The Bertz CT molecular complexity index is 503. The minimum absolute atomic E-state index is 0.299. The molecule has 0 N–H and O–H groups in total. The first-order chi connectivity index (χ1) is 10.7. The molecule has 0 unspecified atom stereocenters. The third-order valence-corrected chi connectivity index (χ3v) is 4.34. The first kappa shape index (κ1) is 17.8. The van der Waals surface area contributed by atoms with Crippen LogP contribution < -0.4 is 0 Å². The predicted molar refractivity (Wildman–Crippen MR) is 80.7 cm³/mol. The van der Waals surface area contributed by atoms with Crippen LogP contribution in [0.4, 0.5) is 4.79 Å². The fraction of sp³-hybridized carbons (Fsp3) is 0.800. The molecule has 0 aromatic heterocycles. The minimum atomic E-state index is -0.771. The van der Waals surface area contributed by atoms with Crippen molar-refractivity contribution < 1.29 is 28.6 Å². The molecule has 2 saturated heterocycles. The first-order valence-electron chi connectivity index (χ1n) is 7.53. The van der Waals surface area contributed by atoms with Crippen molar-refractivity contribution in [1.82, 2.24) is 4.90 Å². The number of hydrogen-bond donors (Lipinski definition) is 0. The summed E-state index contributed by atoms with van der Waals surface area (Å²) in [6, 6.07) is -1.16. The topological polar surface area (TPSA) is 82.1 Å². The molecule has 2 fully saturated rings. The van der Waals surface area contributed by atoms with Gasteiger partial charge in [0.1, 0.15) is 5.60 Å². The second kappa shape index (κ2) is 6.55. The highest BCUT2D eigenvalue weighted by Gasteiger charge is 2.62. The van der Waals surface area contributed by atoms with Crippen molar-refractivity contribution in [2.24, 2.45) is 11.8 Å². The number of carbonyl (C=O) groups is 3. The molecule has 23 heavy (non-hydrogen) atoms. The van der Waals surface area contributed by atoms with E-state index in [2.05, 4.69) is 0 Å². The summed E-state index contributed by atoms with van der Waals surface area (Å²) >= 11 is 5.46. The molecule has 130 valence electrons. The van der Waals surface area contributed by atoms with Crippen molar-refractivity contribution in [2.45, 2.75) is 51.3 Å². The Morgan fingerprint density at radius 1 is 1.09 bits per heavy atom. The van der Waals surface area contributed by atoms with Gasteiger partial charge in [-0.2, -0.15) is 0 Å². The van der Waals surface area contributed by atoms with Crippen LogP contribution >= 0.6 is 11.6 Å². The average Bonchev–Trinajstić information content (AvgIpc) is 3.00. The van der Waals surface area contributed by atoms with E-state index in [-0.39, 0.29) is 6.07 Å². The van der Waals surface area contributed by atoms with Crippen LogP contribution in [0, 0.1) is 11.8 Å². The zero-order valence-corrected chi connectivity index (χ0v) is 14.5. The van der Waals surface area contributed by atoms with E-state index >= 15 is 0 Å². The Balaban J connectivity index is 2.28. The summed E-state index contributed by atoms with van der Waals surface area (Å²) in [5, 5.41) is 0. The summed E-state index contributed by atoms with van der Waals surface area (Å²) in [4.78, 5) is 38.3. The van der Waals surface area contributed by atoms with E-state index in [1.807, 2.05) is 0 Å². The Morgan fingerprint density at radius 2 is 1.61 bits per heavy atom. The SMILES string of the molecule is COC(=O)[C@H]1[C@@H](C(=O)OCCl)[C@@H]2CC[C@@H]1N2C(=O)OC(C)(C)C. The molecule has 0 saturated carbocycles. The number of hydrogen-bond acceptors (Lipinski definition) is 6. The van der Waals surface area contributed by atoms with Gasteiger partial charge in [0.25, 0.3) is 0 Å². The molecule has 0 spiro atoms. The molecule has 0 aliphatic carbocycles. The van der Waals surface area contributed by atoms with E-state index in [9.17, 15) is 14.4 Å².